The molecule has 0 aliphatic rings. The molecule has 0 aliphatic carbocycles. The van der Waals surface area contributed by atoms with Gasteiger partial charge in [-0.1, -0.05) is 83.9 Å². The van der Waals surface area contributed by atoms with E-state index < -0.39 is 12.1 Å². The summed E-state index contributed by atoms with van der Waals surface area (Å²) >= 11 is 12.0. The van der Waals surface area contributed by atoms with Crippen molar-refractivity contribution in [3.05, 3.63) is 130 Å². The molecule has 4 aromatic carbocycles. The molecule has 0 saturated carbocycles. The summed E-state index contributed by atoms with van der Waals surface area (Å²) in [5.74, 6) is -0.397. The standard InChI is InChI=1S/C31H30Cl2N4O2/c1-21(35-29(23-10-6-3-7-11-23)31(39)37-27-18-14-25(33)15-19-27)20-34-28(22-8-4-2-5-9-22)30(38)36-26-16-12-24(32)13-17-26/h2-19,21,28-29,34-35H,20H2,1H3,(H,36,38)(H,37,39)/t21-,28-,29+/m1/s1. The number of hydrogen-bond acceptors (Lipinski definition) is 4. The number of carbonyl (C=O) groups excluding carboxylic acids is 2. The molecule has 4 rings (SSSR count). The molecule has 0 heterocycles. The van der Waals surface area contributed by atoms with E-state index in [1.807, 2.05) is 67.6 Å². The summed E-state index contributed by atoms with van der Waals surface area (Å²) < 4.78 is 0. The molecule has 200 valence electrons. The molecule has 6 nitrogen and oxygen atoms in total. The maximum absolute atomic E-state index is 13.3. The molecular formula is C31H30Cl2N4O2. The Bertz CT molecular complexity index is 1350. The quantitative estimate of drug-likeness (QED) is 0.166. The van der Waals surface area contributed by atoms with Crippen LogP contribution in [0.5, 0.6) is 0 Å². The van der Waals surface area contributed by atoms with Crippen LogP contribution in [0.15, 0.2) is 109 Å². The van der Waals surface area contributed by atoms with Crippen LogP contribution in [0.4, 0.5) is 11.4 Å². The van der Waals surface area contributed by atoms with Crippen molar-refractivity contribution in [2.24, 2.45) is 0 Å². The van der Waals surface area contributed by atoms with Crippen LogP contribution in [-0.2, 0) is 9.59 Å². The molecule has 0 bridgehead atoms. The lowest BCUT2D eigenvalue weighted by Crippen LogP contribution is -2.45. The first-order valence-electron chi connectivity index (χ1n) is 12.6. The minimum atomic E-state index is -0.614. The van der Waals surface area contributed by atoms with E-state index in [1.54, 1.807) is 48.5 Å². The van der Waals surface area contributed by atoms with Crippen LogP contribution < -0.4 is 21.3 Å². The van der Waals surface area contributed by atoms with Gasteiger partial charge in [0.1, 0.15) is 12.1 Å². The van der Waals surface area contributed by atoms with Crippen LogP contribution in [0.25, 0.3) is 0 Å². The summed E-state index contributed by atoms with van der Waals surface area (Å²) in [6, 6.07) is 31.6. The smallest absolute Gasteiger partial charge is 0.246 e. The molecule has 0 aliphatic heterocycles. The average Bonchev–Trinajstić information content (AvgIpc) is 2.95. The second-order valence-electron chi connectivity index (χ2n) is 9.16. The Labute approximate surface area is 238 Å². The van der Waals surface area contributed by atoms with Crippen molar-refractivity contribution < 1.29 is 9.59 Å². The zero-order valence-corrected chi connectivity index (χ0v) is 22.9. The van der Waals surface area contributed by atoms with Gasteiger partial charge in [0, 0.05) is 34.0 Å². The molecule has 4 N–H and O–H groups in total. The average molecular weight is 562 g/mol. The minimum Gasteiger partial charge on any atom is -0.324 e. The predicted molar refractivity (Wildman–Crippen MR) is 159 cm³/mol. The molecule has 0 spiro atoms. The summed E-state index contributed by atoms with van der Waals surface area (Å²) in [6.45, 7) is 2.39. The van der Waals surface area contributed by atoms with Gasteiger partial charge in [-0.25, -0.2) is 0 Å². The number of amides is 2. The summed E-state index contributed by atoms with van der Waals surface area (Å²) in [5.41, 5.74) is 2.97. The highest BCUT2D eigenvalue weighted by Crippen LogP contribution is 2.20. The maximum Gasteiger partial charge on any atom is 0.246 e. The lowest BCUT2D eigenvalue weighted by Gasteiger charge is -2.26. The Hall–Kier alpha value is -3.68. The Morgan fingerprint density at radius 1 is 0.615 bits per heavy atom. The fourth-order valence-corrected chi connectivity index (χ4v) is 4.36. The molecule has 0 aromatic heterocycles. The maximum atomic E-state index is 13.3. The molecule has 4 aromatic rings. The summed E-state index contributed by atoms with van der Waals surface area (Å²) in [7, 11) is 0. The zero-order valence-electron chi connectivity index (χ0n) is 21.4. The molecule has 2 amide bonds. The van der Waals surface area contributed by atoms with Crippen LogP contribution in [0.2, 0.25) is 10.0 Å². The van der Waals surface area contributed by atoms with Gasteiger partial charge in [-0.15, -0.1) is 0 Å². The highest BCUT2D eigenvalue weighted by atomic mass is 35.5. The fourth-order valence-electron chi connectivity index (χ4n) is 4.11. The first-order chi connectivity index (χ1) is 18.9. The van der Waals surface area contributed by atoms with Crippen molar-refractivity contribution in [2.75, 3.05) is 17.2 Å². The van der Waals surface area contributed by atoms with E-state index in [4.69, 9.17) is 23.2 Å². The second-order valence-corrected chi connectivity index (χ2v) is 10.0. The van der Waals surface area contributed by atoms with Crippen LogP contribution in [0.3, 0.4) is 0 Å². The lowest BCUT2D eigenvalue weighted by molar-refractivity contribution is -0.119. The van der Waals surface area contributed by atoms with Crippen molar-refractivity contribution in [3.63, 3.8) is 0 Å². The Balaban J connectivity index is 1.46. The normalized spacial score (nSPS) is 13.2. The van der Waals surface area contributed by atoms with Gasteiger partial charge in [-0.2, -0.15) is 0 Å². The second kappa shape index (κ2) is 13.9. The number of carbonyl (C=O) groups is 2. The summed E-state index contributed by atoms with van der Waals surface area (Å²) in [5, 5.41) is 13.9. The topological polar surface area (TPSA) is 82.3 Å². The first-order valence-corrected chi connectivity index (χ1v) is 13.4. The van der Waals surface area contributed by atoms with Gasteiger partial charge in [0.15, 0.2) is 0 Å². The molecule has 3 atom stereocenters. The molecular weight excluding hydrogens is 531 g/mol. The molecule has 39 heavy (non-hydrogen) atoms. The Morgan fingerprint density at radius 3 is 1.49 bits per heavy atom. The number of hydrogen-bond donors (Lipinski definition) is 4. The monoisotopic (exact) mass is 560 g/mol. The van der Waals surface area contributed by atoms with Gasteiger partial charge < -0.3 is 16.0 Å². The van der Waals surface area contributed by atoms with Crippen LogP contribution in [-0.4, -0.2) is 24.4 Å². The van der Waals surface area contributed by atoms with Crippen LogP contribution >= 0.6 is 23.2 Å². The van der Waals surface area contributed by atoms with Crippen LogP contribution in [0.1, 0.15) is 30.1 Å². The fraction of sp³-hybridized carbons (Fsp3) is 0.161. The number of nitrogens with one attached hydrogen (secondary N) is 4. The number of benzene rings is 4. The van der Waals surface area contributed by atoms with Gasteiger partial charge >= 0.3 is 0 Å². The molecule has 0 unspecified atom stereocenters. The molecule has 0 fully saturated rings. The third-order valence-corrected chi connectivity index (χ3v) is 6.60. The van der Waals surface area contributed by atoms with Gasteiger partial charge in [-0.05, 0) is 66.6 Å². The zero-order chi connectivity index (χ0) is 27.6. The minimum absolute atomic E-state index is 0.166. The highest BCUT2D eigenvalue weighted by molar-refractivity contribution is 6.31. The largest absolute Gasteiger partial charge is 0.324 e. The number of rotatable bonds is 11. The summed E-state index contributed by atoms with van der Waals surface area (Å²) in [6.07, 6.45) is 0. The third kappa shape index (κ3) is 8.40. The van der Waals surface area contributed by atoms with Gasteiger partial charge in [0.25, 0.3) is 0 Å². The highest BCUT2D eigenvalue weighted by Gasteiger charge is 2.25. The third-order valence-electron chi connectivity index (χ3n) is 6.09. The van der Waals surface area contributed by atoms with Crippen molar-refractivity contribution in [1.82, 2.24) is 10.6 Å². The van der Waals surface area contributed by atoms with E-state index in [0.717, 1.165) is 11.1 Å². The van der Waals surface area contributed by atoms with Gasteiger partial charge in [0.2, 0.25) is 11.8 Å². The van der Waals surface area contributed by atoms with Crippen LogP contribution in [0, 0.1) is 0 Å². The Morgan fingerprint density at radius 2 is 1.03 bits per heavy atom. The van der Waals surface area contributed by atoms with E-state index in [0.29, 0.717) is 28.0 Å². The molecule has 0 saturated heterocycles. The Kier molecular flexibility index (Phi) is 10.1. The van der Waals surface area contributed by atoms with Gasteiger partial charge in [0.05, 0.1) is 0 Å². The molecule has 0 radical (unpaired) electrons. The van der Waals surface area contributed by atoms with Crippen molar-refractivity contribution in [1.29, 1.82) is 0 Å². The van der Waals surface area contributed by atoms with E-state index in [9.17, 15) is 9.59 Å². The van der Waals surface area contributed by atoms with Crippen molar-refractivity contribution in [2.45, 2.75) is 25.0 Å². The van der Waals surface area contributed by atoms with E-state index in [1.165, 1.54) is 0 Å². The van der Waals surface area contributed by atoms with E-state index >= 15 is 0 Å². The first kappa shape index (κ1) is 28.3. The number of halogens is 2. The number of anilines is 2. The SMILES string of the molecule is C[C@H](CN[C@@H](C(=O)Nc1ccc(Cl)cc1)c1ccccc1)N[C@H](C(=O)Nc1ccc(Cl)cc1)c1ccccc1. The van der Waals surface area contributed by atoms with E-state index in [2.05, 4.69) is 21.3 Å². The van der Waals surface area contributed by atoms with Crippen molar-refractivity contribution >= 4 is 46.4 Å². The molecule has 8 heteroatoms. The van der Waals surface area contributed by atoms with Crippen molar-refractivity contribution in [3.8, 4) is 0 Å². The van der Waals surface area contributed by atoms with Gasteiger partial charge in [-0.3, -0.25) is 14.9 Å². The summed E-state index contributed by atoms with van der Waals surface area (Å²) in [4.78, 5) is 26.6. The van der Waals surface area contributed by atoms with E-state index in [-0.39, 0.29) is 17.9 Å². The predicted octanol–water partition coefficient (Wildman–Crippen LogP) is 6.62. The lowest BCUT2D eigenvalue weighted by atomic mass is 10.0.